The van der Waals surface area contributed by atoms with E-state index >= 15 is 0 Å². The minimum absolute atomic E-state index is 0.0220. The topological polar surface area (TPSA) is 110 Å². The highest BCUT2D eigenvalue weighted by molar-refractivity contribution is 7.89. The van der Waals surface area contributed by atoms with E-state index in [1.165, 1.54) is 12.1 Å². The number of nitrogens with zero attached hydrogens (tertiary/aromatic N) is 1. The molecule has 1 aliphatic rings. The van der Waals surface area contributed by atoms with Crippen LogP contribution in [0.4, 0.5) is 0 Å². The molecule has 0 atom stereocenters. The maximum atomic E-state index is 11.7. The van der Waals surface area contributed by atoms with Gasteiger partial charge in [0.2, 0.25) is 21.8 Å². The number of benzene rings is 1. The quantitative estimate of drug-likeness (QED) is 0.742. The van der Waals surface area contributed by atoms with Gasteiger partial charge in [-0.1, -0.05) is 12.1 Å². The maximum Gasteiger partial charge on any atom is 0.239 e. The second-order valence-corrected chi connectivity index (χ2v) is 6.77. The Hall–Kier alpha value is -1.93. The molecule has 0 saturated carbocycles. The molecule has 8 heteroatoms. The number of amides is 2. The van der Waals surface area contributed by atoms with Gasteiger partial charge in [0.05, 0.1) is 11.4 Å². The Morgan fingerprint density at radius 3 is 2.50 bits per heavy atom. The number of sulfonamides is 1. The minimum Gasteiger partial charge on any atom is -0.354 e. The number of hydrogen-bond acceptors (Lipinski definition) is 4. The fourth-order valence-corrected chi connectivity index (χ4v) is 2.81. The molecule has 120 valence electrons. The van der Waals surface area contributed by atoms with Crippen LogP contribution in [0.25, 0.3) is 0 Å². The van der Waals surface area contributed by atoms with Gasteiger partial charge in [-0.25, -0.2) is 13.6 Å². The molecule has 0 aliphatic carbocycles. The highest BCUT2D eigenvalue weighted by atomic mass is 32.2. The monoisotopic (exact) mass is 325 g/mol. The Labute approximate surface area is 129 Å². The number of nitrogens with two attached hydrogens (primary N) is 1. The van der Waals surface area contributed by atoms with Crippen LogP contribution in [0.2, 0.25) is 0 Å². The molecular formula is C14H19N3O4S. The molecule has 0 spiro atoms. The first-order valence-electron chi connectivity index (χ1n) is 7.02. The fraction of sp³-hybridized carbons (Fsp3) is 0.429. The lowest BCUT2D eigenvalue weighted by Gasteiger charge is -2.14. The van der Waals surface area contributed by atoms with Crippen molar-refractivity contribution < 1.29 is 18.0 Å². The summed E-state index contributed by atoms with van der Waals surface area (Å²) in [5, 5.41) is 7.77. The predicted octanol–water partition coefficient (Wildman–Crippen LogP) is -0.385. The van der Waals surface area contributed by atoms with Gasteiger partial charge in [0.25, 0.3) is 0 Å². The summed E-state index contributed by atoms with van der Waals surface area (Å²) >= 11 is 0. The first kappa shape index (κ1) is 16.4. The van der Waals surface area contributed by atoms with Crippen LogP contribution < -0.4 is 10.5 Å². The third-order valence-electron chi connectivity index (χ3n) is 3.49. The van der Waals surface area contributed by atoms with E-state index in [0.29, 0.717) is 25.9 Å². The van der Waals surface area contributed by atoms with Crippen molar-refractivity contribution in [3.05, 3.63) is 29.8 Å². The number of likely N-dealkylation sites (tertiary alicyclic amines) is 1. The summed E-state index contributed by atoms with van der Waals surface area (Å²) in [4.78, 5) is 24.7. The molecule has 3 N–H and O–H groups in total. The summed E-state index contributed by atoms with van der Waals surface area (Å²) in [6.45, 7) is 1.17. The second kappa shape index (κ2) is 6.89. The molecule has 2 rings (SSSR count). The number of hydrogen-bond donors (Lipinski definition) is 2. The van der Waals surface area contributed by atoms with Gasteiger partial charge in [0.1, 0.15) is 0 Å². The molecule has 1 heterocycles. The average Bonchev–Trinajstić information content (AvgIpc) is 2.84. The summed E-state index contributed by atoms with van der Waals surface area (Å²) in [6.07, 6.45) is 1.90. The molecule has 1 aliphatic heterocycles. The second-order valence-electron chi connectivity index (χ2n) is 5.21. The SMILES string of the molecule is NS(=O)(=O)c1ccc(CCNC(=O)CN2CCCC2=O)cc1. The highest BCUT2D eigenvalue weighted by Gasteiger charge is 2.21. The zero-order valence-electron chi connectivity index (χ0n) is 12.1. The van der Waals surface area contributed by atoms with Crippen LogP contribution >= 0.6 is 0 Å². The van der Waals surface area contributed by atoms with Crippen LogP contribution in [-0.4, -0.2) is 44.8 Å². The van der Waals surface area contributed by atoms with E-state index in [1.54, 1.807) is 17.0 Å². The van der Waals surface area contributed by atoms with Crippen molar-refractivity contribution in [1.29, 1.82) is 0 Å². The molecule has 2 amide bonds. The minimum atomic E-state index is -3.68. The van der Waals surface area contributed by atoms with Crippen molar-refractivity contribution in [3.63, 3.8) is 0 Å². The van der Waals surface area contributed by atoms with Crippen LogP contribution in [0.15, 0.2) is 29.2 Å². The first-order valence-corrected chi connectivity index (χ1v) is 8.57. The van der Waals surface area contributed by atoms with Crippen molar-refractivity contribution in [3.8, 4) is 0 Å². The van der Waals surface area contributed by atoms with E-state index in [4.69, 9.17) is 5.14 Å². The number of carbonyl (C=O) groups excluding carboxylic acids is 2. The fourth-order valence-electron chi connectivity index (χ4n) is 2.29. The van der Waals surface area contributed by atoms with Gasteiger partial charge < -0.3 is 10.2 Å². The number of primary sulfonamides is 1. The third kappa shape index (κ3) is 4.54. The molecule has 0 radical (unpaired) electrons. The van der Waals surface area contributed by atoms with Crippen LogP contribution in [0.5, 0.6) is 0 Å². The van der Waals surface area contributed by atoms with Crippen molar-refractivity contribution in [2.24, 2.45) is 5.14 Å². The van der Waals surface area contributed by atoms with E-state index < -0.39 is 10.0 Å². The average molecular weight is 325 g/mol. The number of rotatable bonds is 6. The van der Waals surface area contributed by atoms with Crippen molar-refractivity contribution in [1.82, 2.24) is 10.2 Å². The molecule has 1 fully saturated rings. The summed E-state index contributed by atoms with van der Waals surface area (Å²) in [6, 6.07) is 6.20. The Bertz CT molecular complexity index is 655. The lowest BCUT2D eigenvalue weighted by atomic mass is 10.1. The largest absolute Gasteiger partial charge is 0.354 e. The normalized spacial score (nSPS) is 15.1. The molecule has 0 aromatic heterocycles. The molecular weight excluding hydrogens is 306 g/mol. The van der Waals surface area contributed by atoms with Gasteiger partial charge in [0.15, 0.2) is 0 Å². The standard InChI is InChI=1S/C14H19N3O4S/c15-22(20,21)12-5-3-11(4-6-12)7-8-16-13(18)10-17-9-1-2-14(17)19/h3-6H,1-2,7-10H2,(H,16,18)(H2,15,20,21). The van der Waals surface area contributed by atoms with Gasteiger partial charge in [-0.05, 0) is 30.5 Å². The molecule has 1 aromatic rings. The van der Waals surface area contributed by atoms with Gasteiger partial charge in [-0.2, -0.15) is 0 Å². The lowest BCUT2D eigenvalue weighted by Crippen LogP contribution is -2.38. The molecule has 22 heavy (non-hydrogen) atoms. The van der Waals surface area contributed by atoms with Gasteiger partial charge in [-0.3, -0.25) is 9.59 Å². The first-order chi connectivity index (χ1) is 10.4. The predicted molar refractivity (Wildman–Crippen MR) is 80.3 cm³/mol. The Kier molecular flexibility index (Phi) is 5.15. The van der Waals surface area contributed by atoms with Crippen LogP contribution in [-0.2, 0) is 26.0 Å². The van der Waals surface area contributed by atoms with E-state index in [-0.39, 0.29) is 23.3 Å². The van der Waals surface area contributed by atoms with Crippen molar-refractivity contribution in [2.45, 2.75) is 24.2 Å². The molecule has 7 nitrogen and oxygen atoms in total. The maximum absolute atomic E-state index is 11.7. The summed E-state index contributed by atoms with van der Waals surface area (Å²) in [7, 11) is -3.68. The molecule has 0 bridgehead atoms. The summed E-state index contributed by atoms with van der Waals surface area (Å²) in [5.41, 5.74) is 0.893. The summed E-state index contributed by atoms with van der Waals surface area (Å²) in [5.74, 6) is -0.162. The van der Waals surface area contributed by atoms with Crippen molar-refractivity contribution >= 4 is 21.8 Å². The van der Waals surface area contributed by atoms with E-state index in [0.717, 1.165) is 12.0 Å². The van der Waals surface area contributed by atoms with Crippen LogP contribution in [0.1, 0.15) is 18.4 Å². The highest BCUT2D eigenvalue weighted by Crippen LogP contribution is 2.09. The van der Waals surface area contributed by atoms with Crippen LogP contribution in [0.3, 0.4) is 0 Å². The Morgan fingerprint density at radius 1 is 1.27 bits per heavy atom. The Balaban J connectivity index is 1.76. The molecule has 1 saturated heterocycles. The zero-order chi connectivity index (χ0) is 16.2. The zero-order valence-corrected chi connectivity index (χ0v) is 12.9. The Morgan fingerprint density at radius 2 is 1.95 bits per heavy atom. The summed E-state index contributed by atoms with van der Waals surface area (Å²) < 4.78 is 22.3. The van der Waals surface area contributed by atoms with E-state index in [9.17, 15) is 18.0 Å². The van der Waals surface area contributed by atoms with Gasteiger partial charge in [-0.15, -0.1) is 0 Å². The lowest BCUT2D eigenvalue weighted by molar-refractivity contribution is -0.133. The van der Waals surface area contributed by atoms with Crippen molar-refractivity contribution in [2.75, 3.05) is 19.6 Å². The number of nitrogens with one attached hydrogen (secondary N) is 1. The van der Waals surface area contributed by atoms with Crippen LogP contribution in [0, 0.1) is 0 Å². The smallest absolute Gasteiger partial charge is 0.239 e. The number of carbonyl (C=O) groups is 2. The van der Waals surface area contributed by atoms with E-state index in [2.05, 4.69) is 5.32 Å². The van der Waals surface area contributed by atoms with Gasteiger partial charge >= 0.3 is 0 Å². The molecule has 0 unspecified atom stereocenters. The van der Waals surface area contributed by atoms with Gasteiger partial charge in [0, 0.05) is 19.5 Å². The third-order valence-corrected chi connectivity index (χ3v) is 4.42. The molecule has 1 aromatic carbocycles. The van der Waals surface area contributed by atoms with E-state index in [1.807, 2.05) is 0 Å².